The lowest BCUT2D eigenvalue weighted by atomic mass is 10.0. The van der Waals surface area contributed by atoms with E-state index in [9.17, 15) is 18.0 Å². The number of nitrogens with one attached hydrogen (secondary N) is 1. The van der Waals surface area contributed by atoms with E-state index in [1.54, 1.807) is 31.2 Å². The minimum absolute atomic E-state index is 0.120. The fourth-order valence-electron chi connectivity index (χ4n) is 2.43. The number of rotatable bonds is 3. The monoisotopic (exact) mass is 333 g/mol. The summed E-state index contributed by atoms with van der Waals surface area (Å²) < 4.78 is 43.8. The Bertz CT molecular complexity index is 850. The fourth-order valence-corrected chi connectivity index (χ4v) is 2.43. The van der Waals surface area contributed by atoms with Crippen molar-refractivity contribution in [3.63, 3.8) is 0 Å². The smallest absolute Gasteiger partial charge is 0.416 e. The number of hydrogen-bond acceptors (Lipinski definition) is 2. The molecule has 1 N–H and O–H groups in total. The molecule has 1 amide bonds. The molecule has 1 atom stereocenters. The average molecular weight is 333 g/mol. The van der Waals surface area contributed by atoms with Crippen LogP contribution in [0.4, 0.5) is 13.2 Å². The van der Waals surface area contributed by atoms with E-state index in [-0.39, 0.29) is 5.76 Å². The number of hydrogen-bond donors (Lipinski definition) is 1. The topological polar surface area (TPSA) is 42.2 Å². The number of furan rings is 1. The van der Waals surface area contributed by atoms with Crippen LogP contribution in [0.3, 0.4) is 0 Å². The van der Waals surface area contributed by atoms with Gasteiger partial charge < -0.3 is 9.73 Å². The largest absolute Gasteiger partial charge is 0.451 e. The molecule has 0 fully saturated rings. The van der Waals surface area contributed by atoms with Gasteiger partial charge in [0.25, 0.3) is 5.91 Å². The molecule has 3 rings (SSSR count). The van der Waals surface area contributed by atoms with Crippen molar-refractivity contribution >= 4 is 16.9 Å². The molecular formula is C18H14F3NO2. The Morgan fingerprint density at radius 1 is 1.08 bits per heavy atom. The van der Waals surface area contributed by atoms with Crippen LogP contribution in [-0.4, -0.2) is 5.91 Å². The van der Waals surface area contributed by atoms with Crippen LogP contribution in [0.5, 0.6) is 0 Å². The predicted octanol–water partition coefficient (Wildman–Crippen LogP) is 4.94. The number of halogens is 3. The maximum atomic E-state index is 12.8. The molecule has 0 spiro atoms. The molecule has 24 heavy (non-hydrogen) atoms. The fraction of sp³-hybridized carbons (Fsp3) is 0.167. The highest BCUT2D eigenvalue weighted by molar-refractivity contribution is 5.96. The summed E-state index contributed by atoms with van der Waals surface area (Å²) in [5.41, 5.74) is 0.202. The summed E-state index contributed by atoms with van der Waals surface area (Å²) in [5.74, 6) is -0.355. The highest BCUT2D eigenvalue weighted by atomic mass is 19.4. The molecule has 124 valence electrons. The highest BCUT2D eigenvalue weighted by Gasteiger charge is 2.30. The van der Waals surface area contributed by atoms with Crippen molar-refractivity contribution in [1.29, 1.82) is 0 Å². The summed E-state index contributed by atoms with van der Waals surface area (Å²) in [7, 11) is 0. The Morgan fingerprint density at radius 2 is 1.83 bits per heavy atom. The predicted molar refractivity (Wildman–Crippen MR) is 83.5 cm³/mol. The average Bonchev–Trinajstić information content (AvgIpc) is 2.98. The van der Waals surface area contributed by atoms with E-state index >= 15 is 0 Å². The number of fused-ring (bicyclic) bond motifs is 1. The Morgan fingerprint density at radius 3 is 2.54 bits per heavy atom. The first-order valence-electron chi connectivity index (χ1n) is 7.31. The van der Waals surface area contributed by atoms with Crippen LogP contribution < -0.4 is 5.32 Å². The molecule has 0 aliphatic rings. The van der Waals surface area contributed by atoms with Crippen LogP contribution in [0.25, 0.3) is 11.0 Å². The Balaban J connectivity index is 1.79. The Hall–Kier alpha value is -2.76. The first-order chi connectivity index (χ1) is 11.3. The van der Waals surface area contributed by atoms with Crippen molar-refractivity contribution in [2.75, 3.05) is 0 Å². The van der Waals surface area contributed by atoms with Gasteiger partial charge in [0.15, 0.2) is 5.76 Å². The normalized spacial score (nSPS) is 13.0. The number of benzene rings is 2. The molecule has 0 saturated carbocycles. The van der Waals surface area contributed by atoms with Crippen molar-refractivity contribution in [3.8, 4) is 0 Å². The zero-order valence-electron chi connectivity index (χ0n) is 12.7. The van der Waals surface area contributed by atoms with Gasteiger partial charge in [-0.15, -0.1) is 0 Å². The van der Waals surface area contributed by atoms with Gasteiger partial charge >= 0.3 is 6.18 Å². The van der Waals surface area contributed by atoms with Crippen LogP contribution in [0.15, 0.2) is 59.0 Å². The third-order valence-electron chi connectivity index (χ3n) is 3.71. The lowest BCUT2D eigenvalue weighted by Gasteiger charge is -2.15. The van der Waals surface area contributed by atoms with E-state index < -0.39 is 23.7 Å². The molecule has 3 aromatic rings. The van der Waals surface area contributed by atoms with Gasteiger partial charge in [-0.1, -0.05) is 30.3 Å². The Labute approximate surface area is 136 Å². The lowest BCUT2D eigenvalue weighted by Crippen LogP contribution is -2.26. The van der Waals surface area contributed by atoms with Gasteiger partial charge in [-0.25, -0.2) is 0 Å². The van der Waals surface area contributed by atoms with E-state index in [4.69, 9.17) is 4.42 Å². The summed E-state index contributed by atoms with van der Waals surface area (Å²) in [5, 5.41) is 3.44. The minimum atomic E-state index is -4.42. The van der Waals surface area contributed by atoms with Crippen LogP contribution in [0.2, 0.25) is 0 Å². The maximum absolute atomic E-state index is 12.8. The highest BCUT2D eigenvalue weighted by Crippen LogP contribution is 2.30. The second-order valence-electron chi connectivity index (χ2n) is 5.47. The second kappa shape index (κ2) is 6.03. The molecule has 0 radical (unpaired) electrons. The SMILES string of the molecule is CC(NC(=O)c1cc2ccccc2o1)c1cccc(C(F)(F)F)c1. The summed E-state index contributed by atoms with van der Waals surface area (Å²) in [6.45, 7) is 1.62. The number of amides is 1. The van der Waals surface area contributed by atoms with Crippen LogP contribution >= 0.6 is 0 Å². The number of para-hydroxylation sites is 1. The minimum Gasteiger partial charge on any atom is -0.451 e. The molecule has 6 heteroatoms. The number of alkyl halides is 3. The van der Waals surface area contributed by atoms with Gasteiger partial charge in [0.2, 0.25) is 0 Å². The summed E-state index contributed by atoms with van der Waals surface area (Å²) >= 11 is 0. The van der Waals surface area contributed by atoms with Gasteiger partial charge in [0.1, 0.15) is 5.58 Å². The molecule has 3 nitrogen and oxygen atoms in total. The van der Waals surface area contributed by atoms with Gasteiger partial charge in [0, 0.05) is 5.39 Å². The zero-order chi connectivity index (χ0) is 17.3. The molecule has 0 aliphatic heterocycles. The quantitative estimate of drug-likeness (QED) is 0.737. The van der Waals surface area contributed by atoms with E-state index in [2.05, 4.69) is 5.32 Å². The van der Waals surface area contributed by atoms with Crippen LogP contribution in [-0.2, 0) is 6.18 Å². The van der Waals surface area contributed by atoms with E-state index in [0.717, 1.165) is 17.5 Å². The van der Waals surface area contributed by atoms with Crippen molar-refractivity contribution < 1.29 is 22.4 Å². The second-order valence-corrected chi connectivity index (χ2v) is 5.47. The van der Waals surface area contributed by atoms with Gasteiger partial charge in [-0.3, -0.25) is 4.79 Å². The standard InChI is InChI=1S/C18H14F3NO2/c1-11(12-6-4-7-14(9-12)18(19,20)21)22-17(23)16-10-13-5-2-3-8-15(13)24-16/h2-11H,1H3,(H,22,23). The molecule has 1 unspecified atom stereocenters. The van der Waals surface area contributed by atoms with E-state index in [1.165, 1.54) is 6.07 Å². The first-order valence-corrected chi connectivity index (χ1v) is 7.31. The van der Waals surface area contributed by atoms with Gasteiger partial charge in [-0.05, 0) is 36.8 Å². The van der Waals surface area contributed by atoms with E-state index in [0.29, 0.717) is 11.1 Å². The molecule has 1 aromatic heterocycles. The van der Waals surface area contributed by atoms with Crippen molar-refractivity contribution in [2.24, 2.45) is 0 Å². The summed E-state index contributed by atoms with van der Waals surface area (Å²) in [6, 6.07) is 13.1. The van der Waals surface area contributed by atoms with Crippen molar-refractivity contribution in [2.45, 2.75) is 19.1 Å². The van der Waals surface area contributed by atoms with Gasteiger partial charge in [-0.2, -0.15) is 13.2 Å². The summed E-state index contributed by atoms with van der Waals surface area (Å²) in [4.78, 5) is 12.3. The van der Waals surface area contributed by atoms with E-state index in [1.807, 2.05) is 12.1 Å². The number of carbonyl (C=O) groups excluding carboxylic acids is 1. The maximum Gasteiger partial charge on any atom is 0.416 e. The molecule has 2 aromatic carbocycles. The lowest BCUT2D eigenvalue weighted by molar-refractivity contribution is -0.137. The number of carbonyl (C=O) groups is 1. The van der Waals surface area contributed by atoms with Crippen molar-refractivity contribution in [1.82, 2.24) is 5.32 Å². The van der Waals surface area contributed by atoms with Gasteiger partial charge in [0.05, 0.1) is 11.6 Å². The zero-order valence-corrected chi connectivity index (χ0v) is 12.7. The molecular weight excluding hydrogens is 319 g/mol. The molecule has 0 aliphatic carbocycles. The first kappa shape index (κ1) is 16.1. The van der Waals surface area contributed by atoms with Crippen LogP contribution in [0.1, 0.15) is 34.6 Å². The molecule has 0 bridgehead atoms. The molecule has 1 heterocycles. The Kier molecular flexibility index (Phi) is 4.05. The van der Waals surface area contributed by atoms with Crippen molar-refractivity contribution in [3.05, 3.63) is 71.5 Å². The third kappa shape index (κ3) is 3.27. The summed E-state index contributed by atoms with van der Waals surface area (Å²) in [6.07, 6.45) is -4.42. The van der Waals surface area contributed by atoms with Crippen LogP contribution in [0, 0.1) is 0 Å². The molecule has 0 saturated heterocycles. The third-order valence-corrected chi connectivity index (χ3v) is 3.71.